The van der Waals surface area contributed by atoms with Crippen molar-refractivity contribution in [1.29, 1.82) is 0 Å². The zero-order chi connectivity index (χ0) is 10.7. The van der Waals surface area contributed by atoms with Gasteiger partial charge in [0.15, 0.2) is 0 Å². The van der Waals surface area contributed by atoms with Crippen LogP contribution >= 0.6 is 11.6 Å². The first-order valence-corrected chi connectivity index (χ1v) is 5.20. The minimum atomic E-state index is -0.139. The molecule has 2 rings (SSSR count). The van der Waals surface area contributed by atoms with Gasteiger partial charge in [0.2, 0.25) is 0 Å². The Hall–Kier alpha value is -1.22. The highest BCUT2D eigenvalue weighted by molar-refractivity contribution is 6.30. The second-order valence-electron chi connectivity index (χ2n) is 3.42. The molecule has 1 saturated heterocycles. The largest absolute Gasteiger partial charge is 0.490 e. The van der Waals surface area contributed by atoms with Gasteiger partial charge in [0, 0.05) is 11.4 Å². The number of benzene rings is 1. The normalized spacial score (nSPS) is 20.1. The van der Waals surface area contributed by atoms with Crippen molar-refractivity contribution in [2.24, 2.45) is 0 Å². The molecule has 1 aliphatic heterocycles. The van der Waals surface area contributed by atoms with E-state index >= 15 is 0 Å². The van der Waals surface area contributed by atoms with Gasteiger partial charge in [-0.15, -0.1) is 0 Å². The predicted octanol–water partition coefficient (Wildman–Crippen LogP) is 2.42. The van der Waals surface area contributed by atoms with E-state index in [-0.39, 0.29) is 12.1 Å². The number of carbonyl (C=O) groups excluding carboxylic acids is 1. The summed E-state index contributed by atoms with van der Waals surface area (Å²) in [6.45, 7) is 0.410. The Morgan fingerprint density at radius 3 is 2.73 bits per heavy atom. The second-order valence-corrected chi connectivity index (χ2v) is 3.85. The fourth-order valence-electron chi connectivity index (χ4n) is 1.42. The fourth-order valence-corrected chi connectivity index (χ4v) is 1.55. The van der Waals surface area contributed by atoms with Crippen LogP contribution in [0.15, 0.2) is 24.3 Å². The highest BCUT2D eigenvalue weighted by atomic mass is 35.5. The number of cyclic esters (lactones) is 1. The Balaban J connectivity index is 1.83. The number of carbonyl (C=O) groups is 1. The average Bonchev–Trinajstić information content (AvgIpc) is 2.64. The molecule has 0 radical (unpaired) electrons. The van der Waals surface area contributed by atoms with Crippen LogP contribution in [-0.2, 0) is 9.53 Å². The molecule has 0 saturated carbocycles. The highest BCUT2D eigenvalue weighted by Gasteiger charge is 2.23. The molecule has 0 amide bonds. The summed E-state index contributed by atoms with van der Waals surface area (Å²) in [5.41, 5.74) is 0. The van der Waals surface area contributed by atoms with Crippen LogP contribution in [0.4, 0.5) is 0 Å². The minimum Gasteiger partial charge on any atom is -0.490 e. The van der Waals surface area contributed by atoms with E-state index in [0.29, 0.717) is 18.1 Å². The van der Waals surface area contributed by atoms with E-state index < -0.39 is 0 Å². The standard InChI is InChI=1S/C11H11ClO3/c12-8-1-3-9(4-2-8)14-7-10-5-6-11(13)15-10/h1-4,10H,5-7H2. The predicted molar refractivity (Wildman–Crippen MR) is 56.1 cm³/mol. The Morgan fingerprint density at radius 1 is 1.40 bits per heavy atom. The van der Waals surface area contributed by atoms with Gasteiger partial charge in [-0.2, -0.15) is 0 Å². The minimum absolute atomic E-state index is 0.104. The Kier molecular flexibility index (Phi) is 3.11. The van der Waals surface area contributed by atoms with Crippen LogP contribution in [0.3, 0.4) is 0 Å². The van der Waals surface area contributed by atoms with Crippen molar-refractivity contribution in [3.05, 3.63) is 29.3 Å². The topological polar surface area (TPSA) is 35.5 Å². The summed E-state index contributed by atoms with van der Waals surface area (Å²) in [7, 11) is 0. The third kappa shape index (κ3) is 2.86. The molecule has 80 valence electrons. The molecule has 0 spiro atoms. The Bertz CT molecular complexity index is 347. The van der Waals surface area contributed by atoms with Crippen LogP contribution in [0.25, 0.3) is 0 Å². The van der Waals surface area contributed by atoms with Crippen LogP contribution in [0.2, 0.25) is 5.02 Å². The van der Waals surface area contributed by atoms with Gasteiger partial charge < -0.3 is 9.47 Å². The van der Waals surface area contributed by atoms with Gasteiger partial charge in [-0.05, 0) is 30.7 Å². The smallest absolute Gasteiger partial charge is 0.306 e. The summed E-state index contributed by atoms with van der Waals surface area (Å²) in [4.78, 5) is 10.8. The molecule has 15 heavy (non-hydrogen) atoms. The lowest BCUT2D eigenvalue weighted by molar-refractivity contribution is -0.142. The monoisotopic (exact) mass is 226 g/mol. The number of rotatable bonds is 3. The van der Waals surface area contributed by atoms with Crippen LogP contribution in [0.5, 0.6) is 5.75 Å². The second kappa shape index (κ2) is 4.53. The zero-order valence-electron chi connectivity index (χ0n) is 8.11. The lowest BCUT2D eigenvalue weighted by Gasteiger charge is -2.10. The first-order chi connectivity index (χ1) is 7.24. The maximum Gasteiger partial charge on any atom is 0.306 e. The van der Waals surface area contributed by atoms with Crippen LogP contribution in [-0.4, -0.2) is 18.7 Å². The number of hydrogen-bond acceptors (Lipinski definition) is 3. The quantitative estimate of drug-likeness (QED) is 0.743. The number of hydrogen-bond donors (Lipinski definition) is 0. The first-order valence-electron chi connectivity index (χ1n) is 4.82. The Labute approximate surface area is 92.9 Å². The first kappa shape index (κ1) is 10.3. The average molecular weight is 227 g/mol. The van der Waals surface area contributed by atoms with Gasteiger partial charge in [-0.1, -0.05) is 11.6 Å². The molecule has 3 nitrogen and oxygen atoms in total. The van der Waals surface area contributed by atoms with Gasteiger partial charge in [0.25, 0.3) is 0 Å². The summed E-state index contributed by atoms with van der Waals surface area (Å²) < 4.78 is 10.5. The van der Waals surface area contributed by atoms with Crippen molar-refractivity contribution in [3.8, 4) is 5.75 Å². The van der Waals surface area contributed by atoms with Crippen molar-refractivity contribution in [2.45, 2.75) is 18.9 Å². The van der Waals surface area contributed by atoms with Gasteiger partial charge in [0.1, 0.15) is 18.5 Å². The van der Waals surface area contributed by atoms with Crippen molar-refractivity contribution < 1.29 is 14.3 Å². The Morgan fingerprint density at radius 2 is 2.13 bits per heavy atom. The van der Waals surface area contributed by atoms with Crippen LogP contribution in [0, 0.1) is 0 Å². The van der Waals surface area contributed by atoms with E-state index in [9.17, 15) is 4.79 Å². The zero-order valence-corrected chi connectivity index (χ0v) is 8.87. The fraction of sp³-hybridized carbons (Fsp3) is 0.364. The summed E-state index contributed by atoms with van der Waals surface area (Å²) in [5, 5.41) is 0.676. The van der Waals surface area contributed by atoms with E-state index in [0.717, 1.165) is 12.2 Å². The molecule has 1 aliphatic rings. The summed E-state index contributed by atoms with van der Waals surface area (Å²) in [6, 6.07) is 7.10. The summed E-state index contributed by atoms with van der Waals surface area (Å²) in [6.07, 6.45) is 1.13. The van der Waals surface area contributed by atoms with Gasteiger partial charge >= 0.3 is 5.97 Å². The number of ether oxygens (including phenoxy) is 2. The SMILES string of the molecule is O=C1CCC(COc2ccc(Cl)cc2)O1. The molecule has 1 atom stereocenters. The van der Waals surface area contributed by atoms with E-state index in [1.54, 1.807) is 24.3 Å². The molecule has 1 fully saturated rings. The maximum atomic E-state index is 10.8. The molecular formula is C11H11ClO3. The van der Waals surface area contributed by atoms with E-state index in [2.05, 4.69) is 0 Å². The number of halogens is 1. The van der Waals surface area contributed by atoms with Crippen LogP contribution < -0.4 is 4.74 Å². The molecule has 1 aromatic rings. The highest BCUT2D eigenvalue weighted by Crippen LogP contribution is 2.18. The van der Waals surface area contributed by atoms with Crippen molar-refractivity contribution in [1.82, 2.24) is 0 Å². The molecule has 1 unspecified atom stereocenters. The molecular weight excluding hydrogens is 216 g/mol. The molecule has 1 aromatic carbocycles. The molecule has 1 heterocycles. The lowest BCUT2D eigenvalue weighted by Crippen LogP contribution is -2.17. The third-order valence-corrected chi connectivity index (χ3v) is 2.47. The molecule has 0 bridgehead atoms. The molecule has 0 N–H and O–H groups in total. The van der Waals surface area contributed by atoms with E-state index in [4.69, 9.17) is 21.1 Å². The van der Waals surface area contributed by atoms with Gasteiger partial charge in [-0.25, -0.2) is 0 Å². The molecule has 0 aromatic heterocycles. The third-order valence-electron chi connectivity index (χ3n) is 2.22. The van der Waals surface area contributed by atoms with Crippen molar-refractivity contribution in [2.75, 3.05) is 6.61 Å². The van der Waals surface area contributed by atoms with Crippen LogP contribution in [0.1, 0.15) is 12.8 Å². The van der Waals surface area contributed by atoms with Crippen molar-refractivity contribution in [3.63, 3.8) is 0 Å². The van der Waals surface area contributed by atoms with E-state index in [1.807, 2.05) is 0 Å². The lowest BCUT2D eigenvalue weighted by atomic mass is 10.2. The maximum absolute atomic E-state index is 10.8. The van der Waals surface area contributed by atoms with Gasteiger partial charge in [-0.3, -0.25) is 4.79 Å². The van der Waals surface area contributed by atoms with Gasteiger partial charge in [0.05, 0.1) is 0 Å². The summed E-state index contributed by atoms with van der Waals surface area (Å²) >= 11 is 5.73. The number of esters is 1. The summed E-state index contributed by atoms with van der Waals surface area (Å²) in [5.74, 6) is 0.599. The molecule has 4 heteroatoms. The van der Waals surface area contributed by atoms with E-state index in [1.165, 1.54) is 0 Å². The molecule has 0 aliphatic carbocycles. The van der Waals surface area contributed by atoms with Crippen molar-refractivity contribution >= 4 is 17.6 Å².